The van der Waals surface area contributed by atoms with E-state index in [0.29, 0.717) is 6.79 Å². The molecule has 0 fully saturated rings. The number of hydrogen-bond acceptors (Lipinski definition) is 2. The molecule has 0 spiro atoms. The van der Waals surface area contributed by atoms with Crippen LogP contribution in [0.25, 0.3) is 0 Å². The van der Waals surface area contributed by atoms with Crippen LogP contribution in [-0.4, -0.2) is 29.8 Å². The molecule has 1 heterocycles. The van der Waals surface area contributed by atoms with E-state index in [-0.39, 0.29) is 35.5 Å². The third kappa shape index (κ3) is 2.36. The Morgan fingerprint density at radius 1 is 1.23 bits per heavy atom. The second kappa shape index (κ2) is 4.84. The molecule has 1 aromatic rings. The van der Waals surface area contributed by atoms with Crippen molar-refractivity contribution in [3.05, 3.63) is 30.2 Å². The zero-order chi connectivity index (χ0) is 7.84. The zero-order valence-electron chi connectivity index (χ0n) is 7.47. The molecular formula is C9H9ClMgO2. The van der Waals surface area contributed by atoms with Gasteiger partial charge in [-0.15, -0.1) is 11.6 Å². The minimum atomic E-state index is 0. The fraction of sp³-hybridized carbons (Fsp3) is 0.222. The van der Waals surface area contributed by atoms with Gasteiger partial charge in [0.25, 0.3) is 0 Å². The van der Waals surface area contributed by atoms with Gasteiger partial charge in [0.1, 0.15) is 11.5 Å². The van der Waals surface area contributed by atoms with Crippen LogP contribution < -0.4 is 21.9 Å². The van der Waals surface area contributed by atoms with E-state index in [1.807, 2.05) is 19.1 Å². The first-order valence-corrected chi connectivity index (χ1v) is 3.49. The first-order chi connectivity index (χ1) is 5.27. The molecule has 1 aliphatic rings. The third-order valence-corrected chi connectivity index (χ3v) is 1.83. The number of ether oxygens (including phenoxy) is 2. The maximum Gasteiger partial charge on any atom is 2.00 e. The molecule has 0 radical (unpaired) electrons. The van der Waals surface area contributed by atoms with Crippen molar-refractivity contribution in [1.82, 2.24) is 0 Å². The summed E-state index contributed by atoms with van der Waals surface area (Å²) in [5.41, 5.74) is 2.13. The minimum absolute atomic E-state index is 0. The van der Waals surface area contributed by atoms with Crippen molar-refractivity contribution < 1.29 is 21.9 Å². The molecule has 13 heavy (non-hydrogen) atoms. The molecule has 0 aromatic heterocycles. The molecule has 1 aliphatic heterocycles. The second-order valence-electron chi connectivity index (χ2n) is 2.63. The number of hydrogen-bond donors (Lipinski definition) is 0. The molecule has 0 saturated carbocycles. The summed E-state index contributed by atoms with van der Waals surface area (Å²) in [6.07, 6.45) is 0. The Bertz CT molecular complexity index is 273. The Hall–Kier alpha value is -0.254. The average Bonchev–Trinajstić information content (AvgIpc) is 2.36. The topological polar surface area (TPSA) is 18.5 Å². The van der Waals surface area contributed by atoms with Crippen LogP contribution in [0.4, 0.5) is 0 Å². The van der Waals surface area contributed by atoms with Crippen LogP contribution in [0.3, 0.4) is 0 Å². The normalized spacial score (nSPS) is 11.5. The summed E-state index contributed by atoms with van der Waals surface area (Å²) in [4.78, 5) is 0. The van der Waals surface area contributed by atoms with E-state index in [9.17, 15) is 0 Å². The zero-order valence-corrected chi connectivity index (χ0v) is 9.64. The van der Waals surface area contributed by atoms with Crippen molar-refractivity contribution in [2.45, 2.75) is 6.92 Å². The summed E-state index contributed by atoms with van der Waals surface area (Å²) >= 11 is 0. The van der Waals surface area contributed by atoms with E-state index in [4.69, 9.17) is 9.47 Å². The summed E-state index contributed by atoms with van der Waals surface area (Å²) in [7, 11) is 0. The maximum absolute atomic E-state index is 5.18. The predicted octanol–water partition coefficient (Wildman–Crippen LogP) is -1.47. The minimum Gasteiger partial charge on any atom is -1.00 e. The van der Waals surface area contributed by atoms with Gasteiger partial charge < -0.3 is 21.9 Å². The number of benzene rings is 1. The van der Waals surface area contributed by atoms with Crippen molar-refractivity contribution in [3.63, 3.8) is 0 Å². The first kappa shape index (κ1) is 12.7. The third-order valence-electron chi connectivity index (χ3n) is 1.83. The number of aryl methyl sites for hydroxylation is 1. The van der Waals surface area contributed by atoms with Crippen molar-refractivity contribution >= 4 is 23.1 Å². The Kier molecular flexibility index (Phi) is 4.74. The molecule has 0 amide bonds. The van der Waals surface area contributed by atoms with Crippen molar-refractivity contribution in [3.8, 4) is 11.5 Å². The molecule has 0 saturated heterocycles. The monoisotopic (exact) mass is 208 g/mol. The molecule has 0 unspecified atom stereocenters. The molecule has 0 atom stereocenters. The largest absolute Gasteiger partial charge is 2.00 e. The summed E-state index contributed by atoms with van der Waals surface area (Å²) in [6, 6.07) is 3.85. The second-order valence-corrected chi connectivity index (χ2v) is 2.63. The van der Waals surface area contributed by atoms with Gasteiger partial charge in [0.2, 0.25) is 6.79 Å². The van der Waals surface area contributed by atoms with Crippen molar-refractivity contribution in [1.29, 1.82) is 0 Å². The van der Waals surface area contributed by atoms with Gasteiger partial charge in [-0.25, -0.2) is 0 Å². The van der Waals surface area contributed by atoms with Gasteiger partial charge in [-0.05, 0) is 0 Å². The van der Waals surface area contributed by atoms with E-state index in [0.717, 1.165) is 22.6 Å². The summed E-state index contributed by atoms with van der Waals surface area (Å²) in [5, 5.41) is 0. The van der Waals surface area contributed by atoms with Crippen LogP contribution >= 0.6 is 0 Å². The molecule has 1 aromatic carbocycles. The molecule has 66 valence electrons. The van der Waals surface area contributed by atoms with E-state index in [2.05, 4.69) is 6.92 Å². The van der Waals surface area contributed by atoms with Crippen LogP contribution in [0.1, 0.15) is 11.1 Å². The fourth-order valence-corrected chi connectivity index (χ4v) is 1.09. The van der Waals surface area contributed by atoms with Crippen LogP contribution in [-0.2, 0) is 0 Å². The fourth-order valence-electron chi connectivity index (χ4n) is 1.09. The maximum atomic E-state index is 5.18. The number of halogens is 1. The van der Waals surface area contributed by atoms with E-state index in [1.54, 1.807) is 0 Å². The number of rotatable bonds is 0. The SMILES string of the molecule is [CH2-]c1cc2c(cc1C)OCO2.[Cl-].[Mg+2]. The van der Waals surface area contributed by atoms with Gasteiger partial charge in [-0.3, -0.25) is 0 Å². The molecule has 4 heteroatoms. The van der Waals surface area contributed by atoms with Gasteiger partial charge >= 0.3 is 23.1 Å². The Morgan fingerprint density at radius 3 is 2.38 bits per heavy atom. The Labute approximate surface area is 100 Å². The van der Waals surface area contributed by atoms with Gasteiger partial charge in [-0.1, -0.05) is 13.0 Å². The van der Waals surface area contributed by atoms with Crippen LogP contribution in [0.2, 0.25) is 0 Å². The summed E-state index contributed by atoms with van der Waals surface area (Å²) in [6.45, 7) is 6.20. The predicted molar refractivity (Wildman–Crippen MR) is 47.5 cm³/mol. The Balaban J connectivity index is 0.000000720. The van der Waals surface area contributed by atoms with E-state index in [1.165, 1.54) is 0 Å². The van der Waals surface area contributed by atoms with Gasteiger partial charge in [0.05, 0.1) is 0 Å². The molecule has 0 N–H and O–H groups in total. The van der Waals surface area contributed by atoms with Crippen molar-refractivity contribution in [2.75, 3.05) is 6.79 Å². The molecular weight excluding hydrogens is 200 g/mol. The summed E-state index contributed by atoms with van der Waals surface area (Å²) < 4.78 is 10.4. The average molecular weight is 209 g/mol. The smallest absolute Gasteiger partial charge is 1.00 e. The van der Waals surface area contributed by atoms with Crippen LogP contribution in [0.15, 0.2) is 12.1 Å². The Morgan fingerprint density at radius 2 is 1.77 bits per heavy atom. The quantitative estimate of drug-likeness (QED) is 0.383. The first-order valence-electron chi connectivity index (χ1n) is 3.49. The van der Waals surface area contributed by atoms with Crippen molar-refractivity contribution in [2.24, 2.45) is 0 Å². The number of fused-ring (bicyclic) bond motifs is 1. The van der Waals surface area contributed by atoms with Crippen LogP contribution in [0, 0.1) is 13.8 Å². The van der Waals surface area contributed by atoms with Gasteiger partial charge in [-0.2, -0.15) is 12.5 Å². The van der Waals surface area contributed by atoms with E-state index < -0.39 is 0 Å². The molecule has 0 aliphatic carbocycles. The summed E-state index contributed by atoms with van der Waals surface area (Å²) in [5.74, 6) is 1.63. The van der Waals surface area contributed by atoms with Gasteiger partial charge in [0, 0.05) is 0 Å². The van der Waals surface area contributed by atoms with Crippen LogP contribution in [0.5, 0.6) is 11.5 Å². The molecule has 2 nitrogen and oxygen atoms in total. The molecule has 2 rings (SSSR count). The van der Waals surface area contributed by atoms with Gasteiger partial charge in [0.15, 0.2) is 0 Å². The molecule has 0 bridgehead atoms. The standard InChI is InChI=1S/C9H9O2.ClH.Mg/c1-6-3-8-9(4-7(6)2)11-5-10-8;;/h3-4H,1,5H2,2H3;1H;/q-1;;+2/p-1. The van der Waals surface area contributed by atoms with E-state index >= 15 is 0 Å².